The number of hydroxylamine groups is 1. The Kier molecular flexibility index (Phi) is 5.10. The first kappa shape index (κ1) is 15.2. The molecular formula is C14H19FN4O2. The van der Waals surface area contributed by atoms with Gasteiger partial charge in [0.05, 0.1) is 12.2 Å². The second-order valence-corrected chi connectivity index (χ2v) is 4.83. The number of hydrogen-bond acceptors (Lipinski definition) is 4. The van der Waals surface area contributed by atoms with E-state index in [4.69, 9.17) is 5.21 Å². The number of imidazole rings is 1. The monoisotopic (exact) mass is 294 g/mol. The van der Waals surface area contributed by atoms with E-state index in [1.54, 1.807) is 15.9 Å². The summed E-state index contributed by atoms with van der Waals surface area (Å²) in [6.07, 6.45) is 5.24. The highest BCUT2D eigenvalue weighted by molar-refractivity contribution is 5.79. The molecule has 0 bridgehead atoms. The van der Waals surface area contributed by atoms with E-state index >= 15 is 0 Å². The lowest BCUT2D eigenvalue weighted by molar-refractivity contribution is -0.127. The van der Waals surface area contributed by atoms with Crippen LogP contribution in [0.4, 0.5) is 10.2 Å². The second kappa shape index (κ2) is 7.03. The number of fused-ring (bicyclic) bond motifs is 1. The summed E-state index contributed by atoms with van der Waals surface area (Å²) in [5.41, 5.74) is 3.01. The molecule has 0 aliphatic rings. The largest absolute Gasteiger partial charge is 0.359 e. The summed E-state index contributed by atoms with van der Waals surface area (Å²) in [7, 11) is 0. The van der Waals surface area contributed by atoms with Crippen LogP contribution >= 0.6 is 0 Å². The van der Waals surface area contributed by atoms with Gasteiger partial charge in [-0.25, -0.2) is 14.9 Å². The Hall–Kier alpha value is -2.15. The zero-order valence-corrected chi connectivity index (χ0v) is 11.9. The first-order valence-electron chi connectivity index (χ1n) is 6.99. The predicted octanol–water partition coefficient (Wildman–Crippen LogP) is 2.12. The van der Waals surface area contributed by atoms with Gasteiger partial charge in [0.2, 0.25) is 0 Å². The van der Waals surface area contributed by atoms with Crippen LogP contribution in [0, 0.1) is 5.82 Å². The third-order valence-corrected chi connectivity index (χ3v) is 3.24. The number of carbonyl (C=O) groups is 1. The molecule has 1 amide bonds. The SMILES string of the molecule is CCCCCc1c(NCC(=O)NO)nc2ccc(F)cn12. The smallest absolute Gasteiger partial charge is 0.262 e. The highest BCUT2D eigenvalue weighted by Crippen LogP contribution is 2.20. The van der Waals surface area contributed by atoms with Crippen molar-refractivity contribution < 1.29 is 14.4 Å². The first-order chi connectivity index (χ1) is 10.2. The minimum Gasteiger partial charge on any atom is -0.359 e. The van der Waals surface area contributed by atoms with Crippen LogP contribution in [0.1, 0.15) is 31.9 Å². The van der Waals surface area contributed by atoms with Crippen LogP contribution in [-0.4, -0.2) is 27.0 Å². The lowest BCUT2D eigenvalue weighted by Gasteiger charge is -2.06. The van der Waals surface area contributed by atoms with Gasteiger partial charge in [0.25, 0.3) is 5.91 Å². The molecule has 0 saturated carbocycles. The third kappa shape index (κ3) is 3.69. The molecule has 0 unspecified atom stereocenters. The Balaban J connectivity index is 2.28. The number of nitrogens with one attached hydrogen (secondary N) is 2. The van der Waals surface area contributed by atoms with Crippen molar-refractivity contribution in [1.82, 2.24) is 14.9 Å². The summed E-state index contributed by atoms with van der Waals surface area (Å²) >= 11 is 0. The highest BCUT2D eigenvalue weighted by atomic mass is 19.1. The average molecular weight is 294 g/mol. The first-order valence-corrected chi connectivity index (χ1v) is 6.99. The molecule has 2 aromatic heterocycles. The molecular weight excluding hydrogens is 275 g/mol. The third-order valence-electron chi connectivity index (χ3n) is 3.24. The molecule has 0 fully saturated rings. The quantitative estimate of drug-likeness (QED) is 0.415. The molecule has 0 atom stereocenters. The van der Waals surface area contributed by atoms with Crippen LogP contribution in [-0.2, 0) is 11.2 Å². The maximum Gasteiger partial charge on any atom is 0.262 e. The lowest BCUT2D eigenvalue weighted by atomic mass is 10.1. The maximum atomic E-state index is 13.4. The molecule has 114 valence electrons. The summed E-state index contributed by atoms with van der Waals surface area (Å²) in [5.74, 6) is -0.352. The minimum atomic E-state index is -0.558. The molecule has 2 rings (SSSR count). The van der Waals surface area contributed by atoms with Crippen molar-refractivity contribution in [3.63, 3.8) is 0 Å². The summed E-state index contributed by atoms with van der Waals surface area (Å²) in [4.78, 5) is 15.5. The van der Waals surface area contributed by atoms with Crippen molar-refractivity contribution in [2.45, 2.75) is 32.6 Å². The Labute approximate surface area is 121 Å². The van der Waals surface area contributed by atoms with Crippen LogP contribution in [0.5, 0.6) is 0 Å². The molecule has 0 aromatic carbocycles. The van der Waals surface area contributed by atoms with Crippen molar-refractivity contribution in [2.75, 3.05) is 11.9 Å². The molecule has 6 nitrogen and oxygen atoms in total. The molecule has 0 spiro atoms. The molecule has 21 heavy (non-hydrogen) atoms. The zero-order chi connectivity index (χ0) is 15.2. The molecule has 0 aliphatic heterocycles. The number of pyridine rings is 1. The van der Waals surface area contributed by atoms with Crippen LogP contribution < -0.4 is 10.8 Å². The van der Waals surface area contributed by atoms with Gasteiger partial charge in [0.1, 0.15) is 17.3 Å². The average Bonchev–Trinajstić information content (AvgIpc) is 2.82. The number of unbranched alkanes of at least 4 members (excludes halogenated alkanes) is 2. The van der Waals surface area contributed by atoms with Crippen LogP contribution in [0.25, 0.3) is 5.65 Å². The fourth-order valence-electron chi connectivity index (χ4n) is 2.19. The van der Waals surface area contributed by atoms with E-state index in [-0.39, 0.29) is 12.4 Å². The van der Waals surface area contributed by atoms with Crippen LogP contribution in [0.2, 0.25) is 0 Å². The minimum absolute atomic E-state index is 0.0936. The molecule has 2 aromatic rings. The number of rotatable bonds is 7. The number of anilines is 1. The van der Waals surface area contributed by atoms with Gasteiger partial charge in [-0.15, -0.1) is 0 Å². The Morgan fingerprint density at radius 2 is 2.24 bits per heavy atom. The van der Waals surface area contributed by atoms with Gasteiger partial charge in [-0.3, -0.25) is 14.4 Å². The number of amides is 1. The van der Waals surface area contributed by atoms with E-state index in [0.29, 0.717) is 11.5 Å². The summed E-state index contributed by atoms with van der Waals surface area (Å²) in [6.45, 7) is 2.02. The van der Waals surface area contributed by atoms with E-state index in [2.05, 4.69) is 17.2 Å². The maximum absolute atomic E-state index is 13.4. The highest BCUT2D eigenvalue weighted by Gasteiger charge is 2.13. The number of nitrogens with zero attached hydrogens (tertiary/aromatic N) is 2. The van der Waals surface area contributed by atoms with E-state index in [1.165, 1.54) is 12.3 Å². The van der Waals surface area contributed by atoms with Crippen molar-refractivity contribution in [1.29, 1.82) is 0 Å². The van der Waals surface area contributed by atoms with Gasteiger partial charge in [0.15, 0.2) is 0 Å². The molecule has 2 heterocycles. The topological polar surface area (TPSA) is 78.7 Å². The number of halogens is 1. The predicted molar refractivity (Wildman–Crippen MR) is 76.8 cm³/mol. The van der Waals surface area contributed by atoms with Crippen LogP contribution in [0.15, 0.2) is 18.3 Å². The van der Waals surface area contributed by atoms with E-state index in [1.807, 2.05) is 0 Å². The van der Waals surface area contributed by atoms with E-state index in [0.717, 1.165) is 31.4 Å². The van der Waals surface area contributed by atoms with Gasteiger partial charge in [0, 0.05) is 6.20 Å². The molecule has 0 radical (unpaired) electrons. The fraction of sp³-hybridized carbons (Fsp3) is 0.429. The van der Waals surface area contributed by atoms with Gasteiger partial charge in [-0.1, -0.05) is 19.8 Å². The van der Waals surface area contributed by atoms with Gasteiger partial charge < -0.3 is 5.32 Å². The standard InChI is InChI=1S/C14H19FN4O2/c1-2-3-4-5-11-14(16-8-13(20)18-21)17-12-7-6-10(15)9-19(11)12/h6-7,9,16,21H,2-5,8H2,1H3,(H,18,20). The second-order valence-electron chi connectivity index (χ2n) is 4.83. The van der Waals surface area contributed by atoms with Crippen molar-refractivity contribution >= 4 is 17.4 Å². The van der Waals surface area contributed by atoms with Gasteiger partial charge >= 0.3 is 0 Å². The van der Waals surface area contributed by atoms with Gasteiger partial charge in [-0.2, -0.15) is 0 Å². The van der Waals surface area contributed by atoms with Gasteiger partial charge in [-0.05, 0) is 25.0 Å². The Morgan fingerprint density at radius 3 is 2.95 bits per heavy atom. The van der Waals surface area contributed by atoms with Crippen molar-refractivity contribution in [3.8, 4) is 0 Å². The molecule has 3 N–H and O–H groups in total. The Morgan fingerprint density at radius 1 is 1.43 bits per heavy atom. The lowest BCUT2D eigenvalue weighted by Crippen LogP contribution is -2.27. The zero-order valence-electron chi connectivity index (χ0n) is 11.9. The molecule has 0 aliphatic carbocycles. The number of aromatic nitrogens is 2. The number of aryl methyl sites for hydroxylation is 1. The Bertz CT molecular complexity index is 627. The molecule has 0 saturated heterocycles. The fourth-order valence-corrected chi connectivity index (χ4v) is 2.19. The summed E-state index contributed by atoms with van der Waals surface area (Å²) in [6, 6.07) is 2.94. The number of carbonyl (C=O) groups excluding carboxylic acids is 1. The van der Waals surface area contributed by atoms with Crippen LogP contribution in [0.3, 0.4) is 0 Å². The summed E-state index contributed by atoms with van der Waals surface area (Å²) < 4.78 is 15.1. The molecule has 7 heteroatoms. The number of hydrogen-bond donors (Lipinski definition) is 3. The summed E-state index contributed by atoms with van der Waals surface area (Å²) in [5, 5.41) is 11.4. The van der Waals surface area contributed by atoms with E-state index in [9.17, 15) is 9.18 Å². The van der Waals surface area contributed by atoms with Crippen molar-refractivity contribution in [2.24, 2.45) is 0 Å². The van der Waals surface area contributed by atoms with Crippen molar-refractivity contribution in [3.05, 3.63) is 29.8 Å². The van der Waals surface area contributed by atoms with E-state index < -0.39 is 5.91 Å². The normalized spacial score (nSPS) is 10.8.